The van der Waals surface area contributed by atoms with Crippen LogP contribution in [0.15, 0.2) is 57.7 Å². The number of amides is 1. The van der Waals surface area contributed by atoms with Crippen molar-refractivity contribution in [2.75, 3.05) is 0 Å². The lowest BCUT2D eigenvalue weighted by Gasteiger charge is -2.25. The minimum atomic E-state index is -0.816. The van der Waals surface area contributed by atoms with Crippen LogP contribution in [0.3, 0.4) is 0 Å². The molecule has 0 radical (unpaired) electrons. The largest absolute Gasteiger partial charge is 0.473 e. The fraction of sp³-hybridized carbons (Fsp3) is 0.429. The number of para-hydroxylation sites is 1. The highest BCUT2D eigenvalue weighted by molar-refractivity contribution is 5.84. The number of fused-ring (bicyclic) bond motifs is 1. The highest BCUT2D eigenvalue weighted by atomic mass is 16.5. The molecule has 1 aromatic heterocycles. The van der Waals surface area contributed by atoms with E-state index >= 15 is 0 Å². The molecule has 1 unspecified atom stereocenters. The van der Waals surface area contributed by atoms with Crippen molar-refractivity contribution in [3.8, 4) is 17.1 Å². The van der Waals surface area contributed by atoms with Crippen molar-refractivity contribution in [3.05, 3.63) is 64.3 Å². The third kappa shape index (κ3) is 5.13. The van der Waals surface area contributed by atoms with Crippen molar-refractivity contribution in [2.24, 2.45) is 0 Å². The summed E-state index contributed by atoms with van der Waals surface area (Å²) in [6.45, 7) is 8.14. The highest BCUT2D eigenvalue weighted by Gasteiger charge is 2.25. The minimum absolute atomic E-state index is 0.00774. The Bertz CT molecular complexity index is 1180. The summed E-state index contributed by atoms with van der Waals surface area (Å²) in [5, 5.41) is 3.52. The van der Waals surface area contributed by atoms with Gasteiger partial charge in [-0.1, -0.05) is 76.4 Å². The molecule has 1 heterocycles. The number of rotatable bonds is 5. The van der Waals surface area contributed by atoms with E-state index in [1.807, 2.05) is 30.3 Å². The van der Waals surface area contributed by atoms with Crippen LogP contribution in [-0.2, 0) is 10.2 Å². The zero-order valence-corrected chi connectivity index (χ0v) is 19.9. The maximum atomic E-state index is 13.4. The second kappa shape index (κ2) is 9.42. The maximum Gasteiger partial charge on any atom is 0.261 e. The van der Waals surface area contributed by atoms with Crippen LogP contribution in [0.2, 0.25) is 0 Å². The first-order chi connectivity index (χ1) is 15.7. The molecule has 3 aromatic rings. The summed E-state index contributed by atoms with van der Waals surface area (Å²) in [5.41, 5.74) is 2.14. The molecule has 0 bridgehead atoms. The van der Waals surface area contributed by atoms with E-state index in [0.717, 1.165) is 31.2 Å². The minimum Gasteiger partial charge on any atom is -0.473 e. The van der Waals surface area contributed by atoms with Gasteiger partial charge in [0.05, 0.1) is 5.39 Å². The number of carbonyl (C=O) groups is 1. The zero-order chi connectivity index (χ0) is 23.6. The van der Waals surface area contributed by atoms with E-state index in [2.05, 4.69) is 26.1 Å². The Balaban J connectivity index is 1.69. The Morgan fingerprint density at radius 1 is 1.03 bits per heavy atom. The number of ether oxygens (including phenoxy) is 1. The fourth-order valence-corrected chi connectivity index (χ4v) is 4.34. The molecule has 0 spiro atoms. The average molecular weight is 448 g/mol. The first-order valence-corrected chi connectivity index (χ1v) is 11.9. The summed E-state index contributed by atoms with van der Waals surface area (Å²) < 4.78 is 12.2. The molecule has 0 aliphatic heterocycles. The quantitative estimate of drug-likeness (QED) is 0.523. The number of hydrogen-bond acceptors (Lipinski definition) is 4. The summed E-state index contributed by atoms with van der Waals surface area (Å²) in [7, 11) is 0. The Kier molecular flexibility index (Phi) is 6.59. The smallest absolute Gasteiger partial charge is 0.261 e. The molecule has 174 valence electrons. The van der Waals surface area contributed by atoms with Gasteiger partial charge < -0.3 is 14.5 Å². The van der Waals surface area contributed by atoms with Crippen molar-refractivity contribution in [1.82, 2.24) is 5.32 Å². The zero-order valence-electron chi connectivity index (χ0n) is 19.9. The summed E-state index contributed by atoms with van der Waals surface area (Å²) in [5.74, 6) is 0.212. The topological polar surface area (TPSA) is 68.5 Å². The Labute approximate surface area is 195 Å². The predicted molar refractivity (Wildman–Crippen MR) is 132 cm³/mol. The van der Waals surface area contributed by atoms with Crippen molar-refractivity contribution in [3.63, 3.8) is 0 Å². The maximum absolute atomic E-state index is 13.4. The van der Waals surface area contributed by atoms with E-state index in [9.17, 15) is 9.59 Å². The fourth-order valence-electron chi connectivity index (χ4n) is 4.34. The van der Waals surface area contributed by atoms with Gasteiger partial charge in [-0.25, -0.2) is 0 Å². The summed E-state index contributed by atoms with van der Waals surface area (Å²) in [4.78, 5) is 26.2. The van der Waals surface area contributed by atoms with E-state index in [0.29, 0.717) is 16.7 Å². The van der Waals surface area contributed by atoms with E-state index in [-0.39, 0.29) is 28.5 Å². The van der Waals surface area contributed by atoms with Gasteiger partial charge in [-0.15, -0.1) is 0 Å². The Hall–Kier alpha value is -3.08. The second-order valence-corrected chi connectivity index (χ2v) is 10.0. The molecule has 1 aliphatic carbocycles. The predicted octanol–water partition coefficient (Wildman–Crippen LogP) is 5.97. The molecule has 5 heteroatoms. The monoisotopic (exact) mass is 447 g/mol. The number of carbonyl (C=O) groups excluding carboxylic acids is 1. The van der Waals surface area contributed by atoms with E-state index < -0.39 is 6.10 Å². The van der Waals surface area contributed by atoms with Crippen LogP contribution in [0.5, 0.6) is 5.75 Å². The van der Waals surface area contributed by atoms with Crippen LogP contribution in [0.25, 0.3) is 22.3 Å². The lowest BCUT2D eigenvalue weighted by molar-refractivity contribution is -0.128. The number of nitrogens with one attached hydrogen (secondary N) is 1. The molecule has 4 rings (SSSR count). The van der Waals surface area contributed by atoms with Gasteiger partial charge in [0.2, 0.25) is 11.2 Å². The standard InChI is InChI=1S/C28H33NO4/c1-18(27(31)29-21-10-6-5-7-11-21)32-26-24(30)22-12-8-9-13-23(22)33-25(26)19-14-16-20(17-15-19)28(2,3)4/h8-9,12-18,21H,5-7,10-11H2,1-4H3,(H,29,31). The van der Waals surface area contributed by atoms with Gasteiger partial charge >= 0.3 is 0 Å². The third-order valence-corrected chi connectivity index (χ3v) is 6.38. The molecule has 0 saturated heterocycles. The van der Waals surface area contributed by atoms with Gasteiger partial charge in [0.15, 0.2) is 11.9 Å². The molecule has 1 atom stereocenters. The Morgan fingerprint density at radius 3 is 2.36 bits per heavy atom. The van der Waals surface area contributed by atoms with Crippen LogP contribution in [0, 0.1) is 0 Å². The average Bonchev–Trinajstić information content (AvgIpc) is 2.81. The van der Waals surface area contributed by atoms with Crippen molar-refractivity contribution >= 4 is 16.9 Å². The van der Waals surface area contributed by atoms with Gasteiger partial charge in [0.1, 0.15) is 5.58 Å². The molecule has 1 fully saturated rings. The molecule has 5 nitrogen and oxygen atoms in total. The second-order valence-electron chi connectivity index (χ2n) is 10.0. The first kappa shape index (κ1) is 23.1. The SMILES string of the molecule is CC(Oc1c(-c2ccc(C(C)(C)C)cc2)oc2ccccc2c1=O)C(=O)NC1CCCCC1. The van der Waals surface area contributed by atoms with E-state index in [1.54, 1.807) is 25.1 Å². The Morgan fingerprint density at radius 2 is 1.70 bits per heavy atom. The van der Waals surface area contributed by atoms with E-state index in [1.165, 1.54) is 12.0 Å². The summed E-state index contributed by atoms with van der Waals surface area (Å²) >= 11 is 0. The van der Waals surface area contributed by atoms with Gasteiger partial charge in [0.25, 0.3) is 5.91 Å². The van der Waals surface area contributed by atoms with Crippen LogP contribution in [0.1, 0.15) is 65.4 Å². The number of hydrogen-bond donors (Lipinski definition) is 1. The summed E-state index contributed by atoms with van der Waals surface area (Å²) in [6.07, 6.45) is 4.63. The lowest BCUT2D eigenvalue weighted by Crippen LogP contribution is -2.43. The molecular formula is C28H33NO4. The molecule has 1 saturated carbocycles. The highest BCUT2D eigenvalue weighted by Crippen LogP contribution is 2.33. The molecule has 33 heavy (non-hydrogen) atoms. The summed E-state index contributed by atoms with van der Waals surface area (Å²) in [6, 6.07) is 15.2. The van der Waals surface area contributed by atoms with Crippen molar-refractivity contribution in [1.29, 1.82) is 0 Å². The third-order valence-electron chi connectivity index (χ3n) is 6.38. The normalized spacial score (nSPS) is 15.9. The van der Waals surface area contributed by atoms with Crippen LogP contribution < -0.4 is 15.5 Å². The van der Waals surface area contributed by atoms with Crippen LogP contribution >= 0.6 is 0 Å². The molecule has 1 aliphatic rings. The number of benzene rings is 2. The van der Waals surface area contributed by atoms with Crippen LogP contribution in [0.4, 0.5) is 0 Å². The van der Waals surface area contributed by atoms with E-state index in [4.69, 9.17) is 9.15 Å². The first-order valence-electron chi connectivity index (χ1n) is 11.9. The van der Waals surface area contributed by atoms with Gasteiger partial charge in [-0.05, 0) is 42.9 Å². The molecule has 1 amide bonds. The van der Waals surface area contributed by atoms with Gasteiger partial charge in [-0.2, -0.15) is 0 Å². The molecule has 1 N–H and O–H groups in total. The van der Waals surface area contributed by atoms with Crippen LogP contribution in [-0.4, -0.2) is 18.1 Å². The van der Waals surface area contributed by atoms with Crippen molar-refractivity contribution < 1.29 is 13.9 Å². The van der Waals surface area contributed by atoms with Crippen molar-refractivity contribution in [2.45, 2.75) is 77.4 Å². The molecule has 2 aromatic carbocycles. The molecular weight excluding hydrogens is 414 g/mol. The van der Waals surface area contributed by atoms with Gasteiger partial charge in [-0.3, -0.25) is 9.59 Å². The lowest BCUT2D eigenvalue weighted by atomic mass is 9.86. The van der Waals surface area contributed by atoms with Gasteiger partial charge in [0, 0.05) is 11.6 Å².